The Hall–Kier alpha value is -1.08. The zero-order valence-corrected chi connectivity index (χ0v) is 15.5. The summed E-state index contributed by atoms with van der Waals surface area (Å²) >= 11 is 0. The molecule has 0 saturated carbocycles. The number of methoxy groups -OCH3 is 1. The first-order valence-electron chi connectivity index (χ1n) is 8.26. The van der Waals surface area contributed by atoms with E-state index in [-0.39, 0.29) is 5.22 Å². The van der Waals surface area contributed by atoms with Crippen molar-refractivity contribution in [3.63, 3.8) is 0 Å². The standard InChI is InChI=1S/C17H29NO4Si/c1-19-17(11-6-7-14-23(17,20-2)21-3)12-8-13-22-16-10-5-4-9-15(16)18/h4-5,9-10H,6-8,11-14,18H2,1-3H3. The van der Waals surface area contributed by atoms with Gasteiger partial charge in [-0.25, -0.2) is 0 Å². The third-order valence-electron chi connectivity index (χ3n) is 4.98. The van der Waals surface area contributed by atoms with Gasteiger partial charge in [-0.2, -0.15) is 0 Å². The van der Waals surface area contributed by atoms with Crippen LogP contribution in [-0.4, -0.2) is 41.7 Å². The third kappa shape index (κ3) is 3.71. The molecule has 2 rings (SSSR count). The predicted molar refractivity (Wildman–Crippen MR) is 93.8 cm³/mol. The third-order valence-corrected chi connectivity index (χ3v) is 9.41. The van der Waals surface area contributed by atoms with Crippen LogP contribution >= 0.6 is 0 Å². The van der Waals surface area contributed by atoms with Gasteiger partial charge in [0.15, 0.2) is 0 Å². The highest BCUT2D eigenvalue weighted by atomic mass is 28.4. The topological polar surface area (TPSA) is 62.9 Å². The minimum atomic E-state index is -2.35. The van der Waals surface area contributed by atoms with Crippen molar-refractivity contribution in [2.24, 2.45) is 0 Å². The maximum absolute atomic E-state index is 5.98. The van der Waals surface area contributed by atoms with Gasteiger partial charge in [0.05, 0.1) is 12.3 Å². The zero-order chi connectivity index (χ0) is 16.8. The lowest BCUT2D eigenvalue weighted by Crippen LogP contribution is -2.64. The van der Waals surface area contributed by atoms with E-state index in [1.165, 1.54) is 0 Å². The second-order valence-corrected chi connectivity index (χ2v) is 9.79. The van der Waals surface area contributed by atoms with Gasteiger partial charge in [-0.3, -0.25) is 0 Å². The second-order valence-electron chi connectivity index (χ2n) is 6.06. The van der Waals surface area contributed by atoms with E-state index < -0.39 is 8.56 Å². The number of hydrogen-bond donors (Lipinski definition) is 1. The van der Waals surface area contributed by atoms with Crippen molar-refractivity contribution in [1.82, 2.24) is 0 Å². The molecule has 0 radical (unpaired) electrons. The van der Waals surface area contributed by atoms with Gasteiger partial charge < -0.3 is 24.1 Å². The van der Waals surface area contributed by atoms with E-state index in [1.807, 2.05) is 24.3 Å². The molecule has 130 valence electrons. The molecule has 1 heterocycles. The van der Waals surface area contributed by atoms with E-state index in [1.54, 1.807) is 21.3 Å². The fourth-order valence-corrected chi connectivity index (χ4v) is 7.59. The number of nitrogens with two attached hydrogens (primary N) is 1. The number of rotatable bonds is 8. The highest BCUT2D eigenvalue weighted by Gasteiger charge is 2.58. The van der Waals surface area contributed by atoms with Crippen LogP contribution in [-0.2, 0) is 13.6 Å². The molecule has 0 aliphatic carbocycles. The van der Waals surface area contributed by atoms with Gasteiger partial charge in [-0.05, 0) is 37.4 Å². The largest absolute Gasteiger partial charge is 0.491 e. The van der Waals surface area contributed by atoms with E-state index in [2.05, 4.69) is 0 Å². The van der Waals surface area contributed by atoms with Crippen molar-refractivity contribution >= 4 is 14.2 Å². The van der Waals surface area contributed by atoms with Crippen LogP contribution < -0.4 is 10.5 Å². The van der Waals surface area contributed by atoms with Crippen molar-refractivity contribution in [3.05, 3.63) is 24.3 Å². The Morgan fingerprint density at radius 1 is 1.13 bits per heavy atom. The summed E-state index contributed by atoms with van der Waals surface area (Å²) < 4.78 is 23.6. The normalized spacial score (nSPS) is 23.6. The summed E-state index contributed by atoms with van der Waals surface area (Å²) in [4.78, 5) is 0. The second kappa shape index (κ2) is 8.15. The molecule has 0 aromatic heterocycles. The van der Waals surface area contributed by atoms with Gasteiger partial charge in [-0.15, -0.1) is 0 Å². The van der Waals surface area contributed by atoms with E-state index >= 15 is 0 Å². The maximum Gasteiger partial charge on any atom is 0.370 e. The average Bonchev–Trinajstić information content (AvgIpc) is 2.60. The Labute approximate surface area is 140 Å². The van der Waals surface area contributed by atoms with Crippen LogP contribution in [0.15, 0.2) is 24.3 Å². The zero-order valence-electron chi connectivity index (χ0n) is 14.5. The molecule has 1 aliphatic heterocycles. The molecule has 23 heavy (non-hydrogen) atoms. The van der Waals surface area contributed by atoms with Crippen LogP contribution in [0.5, 0.6) is 5.75 Å². The fraction of sp³-hybridized carbons (Fsp3) is 0.647. The van der Waals surface area contributed by atoms with Crippen molar-refractivity contribution in [2.45, 2.75) is 43.4 Å². The predicted octanol–water partition coefficient (Wildman–Crippen LogP) is 3.27. The first-order valence-corrected chi connectivity index (χ1v) is 10.3. The smallest absolute Gasteiger partial charge is 0.370 e. The molecule has 0 bridgehead atoms. The Bertz CT molecular complexity index is 495. The fourth-order valence-electron chi connectivity index (χ4n) is 3.67. The lowest BCUT2D eigenvalue weighted by molar-refractivity contribution is -0.0175. The molecule has 0 spiro atoms. The van der Waals surface area contributed by atoms with Crippen LogP contribution in [0, 0.1) is 0 Å². The summed E-state index contributed by atoms with van der Waals surface area (Å²) in [5.41, 5.74) is 6.57. The molecule has 1 fully saturated rings. The first-order chi connectivity index (χ1) is 11.1. The molecule has 1 saturated heterocycles. The van der Waals surface area contributed by atoms with Crippen molar-refractivity contribution in [1.29, 1.82) is 0 Å². The maximum atomic E-state index is 5.98. The minimum absolute atomic E-state index is 0.291. The Kier molecular flexibility index (Phi) is 6.47. The van der Waals surface area contributed by atoms with Crippen molar-refractivity contribution in [2.75, 3.05) is 33.7 Å². The molecule has 1 aromatic rings. The van der Waals surface area contributed by atoms with Crippen LogP contribution in [0.3, 0.4) is 0 Å². The van der Waals surface area contributed by atoms with Gasteiger partial charge >= 0.3 is 8.56 Å². The molecule has 1 aliphatic rings. The summed E-state index contributed by atoms with van der Waals surface area (Å²) in [5, 5.41) is -0.291. The van der Waals surface area contributed by atoms with Crippen LogP contribution in [0.4, 0.5) is 5.69 Å². The number of anilines is 1. The number of ether oxygens (including phenoxy) is 2. The molecule has 2 N–H and O–H groups in total. The van der Waals surface area contributed by atoms with E-state index in [4.69, 9.17) is 24.1 Å². The highest BCUT2D eigenvalue weighted by molar-refractivity contribution is 6.70. The van der Waals surface area contributed by atoms with E-state index in [9.17, 15) is 0 Å². The molecule has 1 unspecified atom stereocenters. The molecular formula is C17H29NO4Si. The summed E-state index contributed by atoms with van der Waals surface area (Å²) in [7, 11) is 2.95. The Balaban J connectivity index is 1.97. The van der Waals surface area contributed by atoms with Gasteiger partial charge in [0.25, 0.3) is 0 Å². The summed E-state index contributed by atoms with van der Waals surface area (Å²) in [6.45, 7) is 0.608. The van der Waals surface area contributed by atoms with Gasteiger partial charge in [0.1, 0.15) is 11.0 Å². The van der Waals surface area contributed by atoms with Crippen LogP contribution in [0.25, 0.3) is 0 Å². The molecule has 0 amide bonds. The average molecular weight is 340 g/mol. The minimum Gasteiger partial charge on any atom is -0.491 e. The van der Waals surface area contributed by atoms with Gasteiger partial charge in [-0.1, -0.05) is 25.0 Å². The highest BCUT2D eigenvalue weighted by Crippen LogP contribution is 2.42. The van der Waals surface area contributed by atoms with E-state index in [0.717, 1.165) is 43.9 Å². The van der Waals surface area contributed by atoms with Crippen molar-refractivity contribution < 1.29 is 18.3 Å². The summed E-state index contributed by atoms with van der Waals surface area (Å²) in [6.07, 6.45) is 5.05. The number of nitrogen functional groups attached to an aromatic ring is 1. The van der Waals surface area contributed by atoms with Gasteiger partial charge in [0.2, 0.25) is 0 Å². The molecule has 5 nitrogen and oxygen atoms in total. The van der Waals surface area contributed by atoms with E-state index in [0.29, 0.717) is 12.3 Å². The lowest BCUT2D eigenvalue weighted by atomic mass is 10.1. The Morgan fingerprint density at radius 3 is 2.52 bits per heavy atom. The summed E-state index contributed by atoms with van der Waals surface area (Å²) in [6, 6.07) is 8.56. The molecule has 1 aromatic carbocycles. The SMILES string of the molecule is COC1(CCCOc2ccccc2N)CCCC[Si]1(OC)OC. The number of hydrogen-bond acceptors (Lipinski definition) is 5. The quantitative estimate of drug-likeness (QED) is 0.447. The Morgan fingerprint density at radius 2 is 1.87 bits per heavy atom. The van der Waals surface area contributed by atoms with Crippen LogP contribution in [0.2, 0.25) is 6.04 Å². The summed E-state index contributed by atoms with van der Waals surface area (Å²) in [5.74, 6) is 0.740. The van der Waals surface area contributed by atoms with Crippen LogP contribution in [0.1, 0.15) is 32.1 Å². The molecule has 6 heteroatoms. The van der Waals surface area contributed by atoms with Crippen molar-refractivity contribution in [3.8, 4) is 5.75 Å². The van der Waals surface area contributed by atoms with Gasteiger partial charge in [0, 0.05) is 21.3 Å². The first kappa shape index (κ1) is 18.3. The lowest BCUT2D eigenvalue weighted by Gasteiger charge is -2.48. The molecular weight excluding hydrogens is 310 g/mol. The number of benzene rings is 1. The number of para-hydroxylation sites is 2. The molecule has 1 atom stereocenters. The monoisotopic (exact) mass is 339 g/mol.